The zero-order valence-electron chi connectivity index (χ0n) is 11.9. The van der Waals surface area contributed by atoms with E-state index in [0.29, 0.717) is 12.4 Å². The summed E-state index contributed by atoms with van der Waals surface area (Å²) in [5.41, 5.74) is -0.0246. The summed E-state index contributed by atoms with van der Waals surface area (Å²) in [6, 6.07) is 3.71. The van der Waals surface area contributed by atoms with E-state index in [9.17, 15) is 19.7 Å². The van der Waals surface area contributed by atoms with Crippen LogP contribution in [0.4, 0.5) is 10.5 Å². The molecule has 22 heavy (non-hydrogen) atoms. The second-order valence-electron chi connectivity index (χ2n) is 4.65. The maximum absolute atomic E-state index is 11.5. The van der Waals surface area contributed by atoms with Crippen LogP contribution in [0, 0.1) is 10.1 Å². The molecule has 0 radical (unpaired) electrons. The summed E-state index contributed by atoms with van der Waals surface area (Å²) in [5, 5.41) is 15.5. The highest BCUT2D eigenvalue weighted by Crippen LogP contribution is 2.27. The summed E-state index contributed by atoms with van der Waals surface area (Å²) in [4.78, 5) is 33.1. The molecular formula is C14H15N3O5. The molecule has 8 nitrogen and oxygen atoms in total. The van der Waals surface area contributed by atoms with Crippen molar-refractivity contribution < 1.29 is 19.2 Å². The van der Waals surface area contributed by atoms with Crippen molar-refractivity contribution in [3.05, 3.63) is 39.6 Å². The molecular weight excluding hydrogens is 290 g/mol. The number of carbonyl (C=O) groups excluding carboxylic acids is 2. The van der Waals surface area contributed by atoms with Gasteiger partial charge in [-0.05, 0) is 24.6 Å². The number of imide groups is 1. The monoisotopic (exact) mass is 305 g/mol. The van der Waals surface area contributed by atoms with E-state index in [1.165, 1.54) is 18.2 Å². The number of nitrogens with one attached hydrogen (secondary N) is 2. The van der Waals surface area contributed by atoms with Gasteiger partial charge in [-0.25, -0.2) is 4.79 Å². The van der Waals surface area contributed by atoms with Gasteiger partial charge in [0.2, 0.25) is 0 Å². The molecule has 1 aliphatic heterocycles. The van der Waals surface area contributed by atoms with E-state index in [1.807, 2.05) is 12.2 Å². The van der Waals surface area contributed by atoms with Crippen LogP contribution in [-0.2, 0) is 4.79 Å². The predicted octanol–water partition coefficient (Wildman–Crippen LogP) is 1.95. The van der Waals surface area contributed by atoms with Gasteiger partial charge >= 0.3 is 6.03 Å². The summed E-state index contributed by atoms with van der Waals surface area (Å²) in [6.07, 6.45) is 3.07. The average molecular weight is 305 g/mol. The Bertz CT molecular complexity index is 654. The standard InChI is InChI=1S/C14H15N3O5/c1-2-3-6-22-10-5-4-9(12(8-10)17(20)21)7-11-13(18)16-14(19)15-11/h4-5,7-8H,2-3,6H2,1H3,(H2,15,16,18,19)/b11-7+. The van der Waals surface area contributed by atoms with Crippen molar-refractivity contribution >= 4 is 23.7 Å². The Morgan fingerprint density at radius 1 is 1.32 bits per heavy atom. The Hall–Kier alpha value is -2.90. The number of unbranched alkanes of at least 4 members (excludes halogenated alkanes) is 1. The molecule has 2 rings (SSSR count). The van der Waals surface area contributed by atoms with Gasteiger partial charge in [0, 0.05) is 0 Å². The van der Waals surface area contributed by atoms with Gasteiger partial charge in [0.25, 0.3) is 11.6 Å². The van der Waals surface area contributed by atoms with Crippen LogP contribution in [0.1, 0.15) is 25.3 Å². The Labute approximate surface area is 126 Å². The van der Waals surface area contributed by atoms with Gasteiger partial charge in [0.15, 0.2) is 0 Å². The number of hydrogen-bond acceptors (Lipinski definition) is 5. The lowest BCUT2D eigenvalue weighted by Crippen LogP contribution is -2.22. The van der Waals surface area contributed by atoms with Gasteiger partial charge < -0.3 is 10.1 Å². The molecule has 0 bridgehead atoms. The van der Waals surface area contributed by atoms with Crippen molar-refractivity contribution in [1.82, 2.24) is 10.6 Å². The van der Waals surface area contributed by atoms with Crippen molar-refractivity contribution in [2.24, 2.45) is 0 Å². The lowest BCUT2D eigenvalue weighted by molar-refractivity contribution is -0.385. The third-order valence-corrected chi connectivity index (χ3v) is 2.98. The van der Waals surface area contributed by atoms with E-state index in [0.717, 1.165) is 12.8 Å². The lowest BCUT2D eigenvalue weighted by atomic mass is 10.1. The number of benzene rings is 1. The molecule has 0 saturated carbocycles. The fourth-order valence-corrected chi connectivity index (χ4v) is 1.87. The predicted molar refractivity (Wildman–Crippen MR) is 78.2 cm³/mol. The number of urea groups is 1. The fourth-order valence-electron chi connectivity index (χ4n) is 1.87. The summed E-state index contributed by atoms with van der Waals surface area (Å²) in [5.74, 6) is -0.232. The van der Waals surface area contributed by atoms with Gasteiger partial charge in [-0.15, -0.1) is 0 Å². The SMILES string of the molecule is CCCCOc1ccc(/C=C2/NC(=O)NC2=O)c([N+](=O)[O-])c1. The minimum absolute atomic E-state index is 0.0345. The Morgan fingerprint density at radius 2 is 2.09 bits per heavy atom. The van der Waals surface area contributed by atoms with E-state index in [1.54, 1.807) is 6.07 Å². The van der Waals surface area contributed by atoms with Crippen molar-refractivity contribution in [3.8, 4) is 5.75 Å². The first-order valence-electron chi connectivity index (χ1n) is 6.76. The van der Waals surface area contributed by atoms with Crippen LogP contribution in [0.25, 0.3) is 6.08 Å². The van der Waals surface area contributed by atoms with Crippen molar-refractivity contribution in [1.29, 1.82) is 0 Å². The van der Waals surface area contributed by atoms with Crippen LogP contribution in [-0.4, -0.2) is 23.5 Å². The van der Waals surface area contributed by atoms with Crippen molar-refractivity contribution in [2.45, 2.75) is 19.8 Å². The summed E-state index contributed by atoms with van der Waals surface area (Å²) in [6.45, 7) is 2.49. The average Bonchev–Trinajstić information content (AvgIpc) is 2.78. The maximum atomic E-state index is 11.5. The summed E-state index contributed by atoms with van der Waals surface area (Å²) in [7, 11) is 0. The zero-order valence-corrected chi connectivity index (χ0v) is 11.9. The van der Waals surface area contributed by atoms with E-state index in [-0.39, 0.29) is 16.9 Å². The van der Waals surface area contributed by atoms with E-state index < -0.39 is 16.9 Å². The number of nitro groups is 1. The van der Waals surface area contributed by atoms with Crippen LogP contribution >= 0.6 is 0 Å². The lowest BCUT2D eigenvalue weighted by Gasteiger charge is -2.06. The molecule has 0 unspecified atom stereocenters. The van der Waals surface area contributed by atoms with E-state index in [4.69, 9.17) is 4.74 Å². The molecule has 1 aliphatic rings. The molecule has 1 fully saturated rings. The van der Waals surface area contributed by atoms with Gasteiger partial charge in [-0.2, -0.15) is 0 Å². The Balaban J connectivity index is 2.28. The minimum atomic E-state index is -0.654. The van der Waals surface area contributed by atoms with Crippen LogP contribution < -0.4 is 15.4 Å². The Morgan fingerprint density at radius 3 is 2.68 bits per heavy atom. The van der Waals surface area contributed by atoms with E-state index >= 15 is 0 Å². The van der Waals surface area contributed by atoms with E-state index in [2.05, 4.69) is 5.32 Å². The number of nitrogens with zero attached hydrogens (tertiary/aromatic N) is 1. The highest BCUT2D eigenvalue weighted by atomic mass is 16.6. The molecule has 1 heterocycles. The molecule has 3 amide bonds. The van der Waals surface area contributed by atoms with Gasteiger partial charge in [0.05, 0.1) is 23.2 Å². The molecule has 0 spiro atoms. The maximum Gasteiger partial charge on any atom is 0.326 e. The minimum Gasteiger partial charge on any atom is -0.493 e. The number of amides is 3. The molecule has 8 heteroatoms. The normalized spacial score (nSPS) is 15.6. The topological polar surface area (TPSA) is 111 Å². The number of carbonyl (C=O) groups is 2. The first kappa shape index (κ1) is 15.5. The molecule has 0 aromatic heterocycles. The largest absolute Gasteiger partial charge is 0.493 e. The molecule has 1 aromatic rings. The molecule has 1 aromatic carbocycles. The molecule has 2 N–H and O–H groups in total. The number of nitro benzene ring substituents is 1. The van der Waals surface area contributed by atoms with Crippen molar-refractivity contribution in [3.63, 3.8) is 0 Å². The smallest absolute Gasteiger partial charge is 0.326 e. The van der Waals surface area contributed by atoms with Crippen LogP contribution in [0.3, 0.4) is 0 Å². The van der Waals surface area contributed by atoms with Crippen LogP contribution in [0.5, 0.6) is 5.75 Å². The fraction of sp³-hybridized carbons (Fsp3) is 0.286. The van der Waals surface area contributed by atoms with Gasteiger partial charge in [-0.3, -0.25) is 20.2 Å². The van der Waals surface area contributed by atoms with Crippen molar-refractivity contribution in [2.75, 3.05) is 6.61 Å². The first-order valence-corrected chi connectivity index (χ1v) is 6.76. The second kappa shape index (κ2) is 6.70. The molecule has 1 saturated heterocycles. The number of ether oxygens (including phenoxy) is 1. The summed E-state index contributed by atoms with van der Waals surface area (Å²) < 4.78 is 5.43. The Kier molecular flexibility index (Phi) is 4.72. The zero-order chi connectivity index (χ0) is 16.1. The highest BCUT2D eigenvalue weighted by Gasteiger charge is 2.24. The molecule has 0 atom stereocenters. The quantitative estimate of drug-likeness (QED) is 0.274. The third-order valence-electron chi connectivity index (χ3n) is 2.98. The molecule has 0 aliphatic carbocycles. The summed E-state index contributed by atoms with van der Waals surface area (Å²) >= 11 is 0. The third kappa shape index (κ3) is 3.60. The number of hydrogen-bond donors (Lipinski definition) is 2. The first-order chi connectivity index (χ1) is 10.5. The van der Waals surface area contributed by atoms with Gasteiger partial charge in [-0.1, -0.05) is 13.3 Å². The highest BCUT2D eigenvalue weighted by molar-refractivity contribution is 6.14. The molecule has 116 valence electrons. The second-order valence-corrected chi connectivity index (χ2v) is 4.65. The van der Waals surface area contributed by atoms with Gasteiger partial charge in [0.1, 0.15) is 11.4 Å². The van der Waals surface area contributed by atoms with Crippen LogP contribution in [0.2, 0.25) is 0 Å². The number of rotatable bonds is 6. The van der Waals surface area contributed by atoms with Crippen LogP contribution in [0.15, 0.2) is 23.9 Å².